The van der Waals surface area contributed by atoms with Gasteiger partial charge in [-0.15, -0.1) is 0 Å². The molecule has 0 aromatic heterocycles. The molecule has 1 N–H and O–H groups in total. The second-order valence-electron chi connectivity index (χ2n) is 3.95. The Bertz CT molecular complexity index is 335. The smallest absolute Gasteiger partial charge is 0.129 e. The van der Waals surface area contributed by atoms with E-state index in [1.165, 1.54) is 0 Å². The monoisotopic (exact) mass is 246 g/mol. The highest BCUT2D eigenvalue weighted by molar-refractivity contribution is 5.23. The summed E-state index contributed by atoms with van der Waals surface area (Å²) < 4.78 is 35.8. The van der Waals surface area contributed by atoms with Crippen molar-refractivity contribution in [1.29, 1.82) is 0 Å². The van der Waals surface area contributed by atoms with E-state index < -0.39 is 17.7 Å². The Morgan fingerprint density at radius 3 is 2.24 bits per heavy atom. The molecule has 1 unspecified atom stereocenters. The van der Waals surface area contributed by atoms with Crippen molar-refractivity contribution >= 4 is 0 Å². The van der Waals surface area contributed by atoms with E-state index in [0.29, 0.717) is 0 Å². The zero-order chi connectivity index (χ0) is 12.8. The largest absolute Gasteiger partial charge is 0.491 e. The first-order valence-corrected chi connectivity index (χ1v) is 5.36. The van der Waals surface area contributed by atoms with Crippen LogP contribution in [0, 0.1) is 11.6 Å². The van der Waals surface area contributed by atoms with Crippen LogP contribution >= 0.6 is 0 Å². The Morgan fingerprint density at radius 2 is 1.71 bits per heavy atom. The molecular formula is C12H16F2O3. The standard InChI is InChI=1S/C12H16F2O3/c1-8(2)16-6-11(15)7-17-12-4-9(13)3-10(14)5-12/h3-5,8,11,15H,6-7H2,1-2H3. The molecule has 3 nitrogen and oxygen atoms in total. The molecule has 0 aliphatic carbocycles. The predicted molar refractivity (Wildman–Crippen MR) is 58.9 cm³/mol. The van der Waals surface area contributed by atoms with Gasteiger partial charge in [0.2, 0.25) is 0 Å². The van der Waals surface area contributed by atoms with Crippen LogP contribution in [-0.4, -0.2) is 30.5 Å². The fourth-order valence-electron chi connectivity index (χ4n) is 1.16. The van der Waals surface area contributed by atoms with Crippen LogP contribution in [0.2, 0.25) is 0 Å². The normalized spacial score (nSPS) is 12.8. The molecule has 96 valence electrons. The highest BCUT2D eigenvalue weighted by atomic mass is 19.1. The lowest BCUT2D eigenvalue weighted by Gasteiger charge is -2.14. The van der Waals surface area contributed by atoms with E-state index in [-0.39, 0.29) is 25.1 Å². The minimum atomic E-state index is -0.830. The summed E-state index contributed by atoms with van der Waals surface area (Å²) in [5.41, 5.74) is 0. The number of hydrogen-bond donors (Lipinski definition) is 1. The minimum absolute atomic E-state index is 0.0104. The maximum absolute atomic E-state index is 12.8. The SMILES string of the molecule is CC(C)OCC(O)COc1cc(F)cc(F)c1. The lowest BCUT2D eigenvalue weighted by Crippen LogP contribution is -2.25. The summed E-state index contributed by atoms with van der Waals surface area (Å²) in [6.45, 7) is 3.73. The topological polar surface area (TPSA) is 38.7 Å². The van der Waals surface area contributed by atoms with Crippen molar-refractivity contribution in [2.24, 2.45) is 0 Å². The summed E-state index contributed by atoms with van der Waals surface area (Å²) in [5, 5.41) is 9.46. The Balaban J connectivity index is 2.39. The first kappa shape index (κ1) is 13.9. The summed E-state index contributed by atoms with van der Waals surface area (Å²) in [6, 6.07) is 2.86. The van der Waals surface area contributed by atoms with E-state index in [1.54, 1.807) is 0 Å². The number of aliphatic hydroxyl groups excluding tert-OH is 1. The second kappa shape index (κ2) is 6.51. The van der Waals surface area contributed by atoms with Crippen molar-refractivity contribution in [2.45, 2.75) is 26.1 Å². The van der Waals surface area contributed by atoms with Crippen LogP contribution in [0.15, 0.2) is 18.2 Å². The van der Waals surface area contributed by atoms with E-state index >= 15 is 0 Å². The Labute approximate surface area is 99.0 Å². The first-order chi connectivity index (χ1) is 7.97. The molecule has 0 radical (unpaired) electrons. The van der Waals surface area contributed by atoms with Gasteiger partial charge in [0.15, 0.2) is 0 Å². The maximum atomic E-state index is 12.8. The molecule has 1 atom stereocenters. The predicted octanol–water partition coefficient (Wildman–Crippen LogP) is 2.13. The zero-order valence-corrected chi connectivity index (χ0v) is 9.82. The van der Waals surface area contributed by atoms with Gasteiger partial charge >= 0.3 is 0 Å². The molecule has 5 heteroatoms. The molecule has 1 aromatic carbocycles. The number of halogens is 2. The number of ether oxygens (including phenoxy) is 2. The van der Waals surface area contributed by atoms with Crippen LogP contribution in [0.3, 0.4) is 0 Å². The number of aliphatic hydroxyl groups is 1. The van der Waals surface area contributed by atoms with E-state index in [9.17, 15) is 13.9 Å². The second-order valence-corrected chi connectivity index (χ2v) is 3.95. The molecular weight excluding hydrogens is 230 g/mol. The highest BCUT2D eigenvalue weighted by Gasteiger charge is 2.08. The van der Waals surface area contributed by atoms with Gasteiger partial charge in [0.25, 0.3) is 0 Å². The summed E-state index contributed by atoms with van der Waals surface area (Å²) in [5.74, 6) is -1.38. The average Bonchev–Trinajstić information content (AvgIpc) is 2.22. The number of benzene rings is 1. The average molecular weight is 246 g/mol. The molecule has 1 rings (SSSR count). The van der Waals surface area contributed by atoms with E-state index in [2.05, 4.69) is 0 Å². The lowest BCUT2D eigenvalue weighted by molar-refractivity contribution is -0.0123. The van der Waals surface area contributed by atoms with Gasteiger partial charge in [-0.2, -0.15) is 0 Å². The lowest BCUT2D eigenvalue weighted by atomic mass is 10.3. The molecule has 17 heavy (non-hydrogen) atoms. The van der Waals surface area contributed by atoms with Crippen molar-refractivity contribution < 1.29 is 23.4 Å². The Morgan fingerprint density at radius 1 is 1.12 bits per heavy atom. The zero-order valence-electron chi connectivity index (χ0n) is 9.82. The Kier molecular flexibility index (Phi) is 5.31. The maximum Gasteiger partial charge on any atom is 0.129 e. The molecule has 0 aliphatic heterocycles. The van der Waals surface area contributed by atoms with Crippen LogP contribution in [0.5, 0.6) is 5.75 Å². The van der Waals surface area contributed by atoms with Crippen molar-refractivity contribution in [3.8, 4) is 5.75 Å². The van der Waals surface area contributed by atoms with Gasteiger partial charge in [-0.1, -0.05) is 0 Å². The Hall–Kier alpha value is -1.20. The summed E-state index contributed by atoms with van der Waals surface area (Å²) in [4.78, 5) is 0. The van der Waals surface area contributed by atoms with E-state index in [4.69, 9.17) is 9.47 Å². The van der Waals surface area contributed by atoms with Crippen molar-refractivity contribution in [2.75, 3.05) is 13.2 Å². The molecule has 0 saturated carbocycles. The van der Waals surface area contributed by atoms with Crippen LogP contribution in [0.1, 0.15) is 13.8 Å². The van der Waals surface area contributed by atoms with Crippen LogP contribution in [-0.2, 0) is 4.74 Å². The van der Waals surface area contributed by atoms with Crippen molar-refractivity contribution in [3.05, 3.63) is 29.8 Å². The van der Waals surface area contributed by atoms with Crippen molar-refractivity contribution in [1.82, 2.24) is 0 Å². The van der Waals surface area contributed by atoms with Crippen LogP contribution < -0.4 is 4.74 Å². The van der Waals surface area contributed by atoms with Crippen LogP contribution in [0.25, 0.3) is 0 Å². The van der Waals surface area contributed by atoms with Gasteiger partial charge in [0, 0.05) is 18.2 Å². The molecule has 0 amide bonds. The fourth-order valence-corrected chi connectivity index (χ4v) is 1.16. The molecule has 0 spiro atoms. The van der Waals surface area contributed by atoms with E-state index in [1.807, 2.05) is 13.8 Å². The fraction of sp³-hybridized carbons (Fsp3) is 0.500. The minimum Gasteiger partial charge on any atom is -0.491 e. The van der Waals surface area contributed by atoms with Crippen molar-refractivity contribution in [3.63, 3.8) is 0 Å². The summed E-state index contributed by atoms with van der Waals surface area (Å²) in [7, 11) is 0. The van der Waals surface area contributed by atoms with Gasteiger partial charge in [-0.25, -0.2) is 8.78 Å². The van der Waals surface area contributed by atoms with Gasteiger partial charge in [-0.05, 0) is 13.8 Å². The number of hydrogen-bond acceptors (Lipinski definition) is 3. The quantitative estimate of drug-likeness (QED) is 0.835. The molecule has 0 heterocycles. The van der Waals surface area contributed by atoms with E-state index in [0.717, 1.165) is 18.2 Å². The number of rotatable bonds is 6. The molecule has 1 aromatic rings. The third-order valence-corrected chi connectivity index (χ3v) is 1.90. The summed E-state index contributed by atoms with van der Waals surface area (Å²) >= 11 is 0. The highest BCUT2D eigenvalue weighted by Crippen LogP contribution is 2.15. The molecule has 0 saturated heterocycles. The van der Waals surface area contributed by atoms with Crippen LogP contribution in [0.4, 0.5) is 8.78 Å². The first-order valence-electron chi connectivity index (χ1n) is 5.36. The molecule has 0 fully saturated rings. The van der Waals surface area contributed by atoms with Gasteiger partial charge in [-0.3, -0.25) is 0 Å². The summed E-state index contributed by atoms with van der Waals surface area (Å²) in [6.07, 6.45) is -0.819. The third kappa shape index (κ3) is 5.60. The molecule has 0 aliphatic rings. The molecule has 0 bridgehead atoms. The van der Waals surface area contributed by atoms with Gasteiger partial charge in [0.1, 0.15) is 30.1 Å². The third-order valence-electron chi connectivity index (χ3n) is 1.90. The van der Waals surface area contributed by atoms with Gasteiger partial charge < -0.3 is 14.6 Å². The van der Waals surface area contributed by atoms with Gasteiger partial charge in [0.05, 0.1) is 12.7 Å².